The van der Waals surface area contributed by atoms with E-state index in [1.807, 2.05) is 6.92 Å². The minimum Gasteiger partial charge on any atom is -0.300 e. The molecule has 0 heterocycles. The minimum absolute atomic E-state index is 0.484. The van der Waals surface area contributed by atoms with Gasteiger partial charge in [-0.05, 0) is 68.6 Å². The Kier molecular flexibility index (Phi) is 3.48. The molecule has 1 nitrogen and oxygen atoms in total. The first-order valence-electron chi connectivity index (χ1n) is 9.28. The molecule has 3 saturated carbocycles. The van der Waals surface area contributed by atoms with Crippen LogP contribution in [0.3, 0.4) is 0 Å². The van der Waals surface area contributed by atoms with E-state index in [1.54, 1.807) is 11.1 Å². The number of carbonyl (C=O) groups excluding carboxylic acids is 1. The zero-order valence-corrected chi connectivity index (χ0v) is 14.1. The molecule has 118 valence electrons. The Hall–Kier alpha value is -1.03. The van der Waals surface area contributed by atoms with Crippen molar-refractivity contribution in [2.24, 2.45) is 29.1 Å². The van der Waals surface area contributed by atoms with Gasteiger partial charge in [0, 0.05) is 18.8 Å². The first kappa shape index (κ1) is 14.6. The number of hydrogen-bond donors (Lipinski definition) is 0. The fraction of sp³-hybridized carbons (Fsp3) is 0.762. The molecule has 0 N–H and O–H groups in total. The van der Waals surface area contributed by atoms with Gasteiger partial charge in [-0.15, -0.1) is 5.92 Å². The minimum atomic E-state index is 0.484. The molecule has 0 bridgehead atoms. The van der Waals surface area contributed by atoms with Gasteiger partial charge in [-0.2, -0.15) is 0 Å². The van der Waals surface area contributed by atoms with Crippen molar-refractivity contribution in [3.8, 4) is 11.8 Å². The van der Waals surface area contributed by atoms with E-state index in [2.05, 4.69) is 18.8 Å². The summed E-state index contributed by atoms with van der Waals surface area (Å²) in [6.07, 6.45) is 10.7. The average molecular weight is 296 g/mol. The van der Waals surface area contributed by atoms with Crippen molar-refractivity contribution < 1.29 is 4.79 Å². The predicted molar refractivity (Wildman–Crippen MR) is 89.1 cm³/mol. The molecule has 3 fully saturated rings. The normalized spacial score (nSPS) is 43.8. The fourth-order valence-corrected chi connectivity index (χ4v) is 6.32. The summed E-state index contributed by atoms with van der Waals surface area (Å²) in [5.41, 5.74) is 4.04. The number of hydrogen-bond acceptors (Lipinski definition) is 1. The summed E-state index contributed by atoms with van der Waals surface area (Å²) >= 11 is 0. The molecule has 0 aromatic heterocycles. The number of Topliss-reactive ketones (excluding diaryl/α,β-unsaturated/α-hetero) is 1. The lowest BCUT2D eigenvalue weighted by atomic mass is 9.53. The molecule has 0 aliphatic heterocycles. The van der Waals surface area contributed by atoms with Gasteiger partial charge in [-0.3, -0.25) is 4.79 Å². The lowest BCUT2D eigenvalue weighted by Gasteiger charge is -2.50. The molecule has 4 aliphatic rings. The van der Waals surface area contributed by atoms with Gasteiger partial charge in [0.15, 0.2) is 0 Å². The standard InChI is InChI=1S/C21H28O/c1-3-5-14-12-15-13-16(22)7-8-17(15)18-9-11-21(2)10-4-6-19(21)20(14)18/h14-15,19-20H,4,6-13H2,1-2H3/t14-,15?,19+,20-,21+/m1/s1. The monoisotopic (exact) mass is 296 g/mol. The van der Waals surface area contributed by atoms with E-state index in [1.165, 1.54) is 32.1 Å². The van der Waals surface area contributed by atoms with Crippen LogP contribution in [-0.2, 0) is 4.79 Å². The fourth-order valence-electron chi connectivity index (χ4n) is 6.32. The molecular weight excluding hydrogens is 268 g/mol. The van der Waals surface area contributed by atoms with Crippen LogP contribution in [0.1, 0.15) is 71.6 Å². The molecule has 0 spiro atoms. The van der Waals surface area contributed by atoms with Crippen LogP contribution < -0.4 is 0 Å². The molecule has 22 heavy (non-hydrogen) atoms. The third-order valence-electron chi connectivity index (χ3n) is 7.31. The highest BCUT2D eigenvalue weighted by Gasteiger charge is 2.52. The van der Waals surface area contributed by atoms with Gasteiger partial charge in [0.2, 0.25) is 0 Å². The summed E-state index contributed by atoms with van der Waals surface area (Å²) < 4.78 is 0. The molecule has 1 unspecified atom stereocenters. The van der Waals surface area contributed by atoms with Crippen molar-refractivity contribution in [2.75, 3.05) is 0 Å². The highest BCUT2D eigenvalue weighted by atomic mass is 16.1. The Bertz CT molecular complexity index is 587. The van der Waals surface area contributed by atoms with Gasteiger partial charge in [-0.25, -0.2) is 0 Å². The van der Waals surface area contributed by atoms with Crippen molar-refractivity contribution in [3.63, 3.8) is 0 Å². The smallest absolute Gasteiger partial charge is 0.133 e. The van der Waals surface area contributed by atoms with Crippen LogP contribution in [-0.4, -0.2) is 5.78 Å². The summed E-state index contributed by atoms with van der Waals surface area (Å²) in [5, 5.41) is 0. The number of carbonyl (C=O) groups is 1. The Morgan fingerprint density at radius 2 is 2.00 bits per heavy atom. The van der Waals surface area contributed by atoms with Crippen LogP contribution in [0.5, 0.6) is 0 Å². The molecule has 0 aromatic carbocycles. The number of allylic oxidation sites excluding steroid dienone is 2. The van der Waals surface area contributed by atoms with Crippen LogP contribution >= 0.6 is 0 Å². The van der Waals surface area contributed by atoms with E-state index in [-0.39, 0.29) is 0 Å². The molecule has 0 amide bonds. The molecular formula is C21H28O. The zero-order valence-electron chi connectivity index (χ0n) is 14.1. The quantitative estimate of drug-likeness (QED) is 0.458. The van der Waals surface area contributed by atoms with E-state index in [0.29, 0.717) is 29.0 Å². The topological polar surface area (TPSA) is 17.1 Å². The molecule has 0 aromatic rings. The van der Waals surface area contributed by atoms with Crippen molar-refractivity contribution >= 4 is 5.78 Å². The highest BCUT2D eigenvalue weighted by Crippen LogP contribution is 2.61. The maximum Gasteiger partial charge on any atom is 0.133 e. The zero-order chi connectivity index (χ0) is 15.3. The predicted octanol–water partition coefficient (Wildman–Crippen LogP) is 4.91. The molecule has 4 aliphatic carbocycles. The van der Waals surface area contributed by atoms with Crippen molar-refractivity contribution in [2.45, 2.75) is 71.6 Å². The third kappa shape index (κ3) is 2.10. The first-order chi connectivity index (χ1) is 10.6. The second-order valence-electron chi connectivity index (χ2n) is 8.41. The van der Waals surface area contributed by atoms with Gasteiger partial charge in [-0.1, -0.05) is 30.4 Å². The van der Waals surface area contributed by atoms with Crippen LogP contribution in [0, 0.1) is 40.9 Å². The highest BCUT2D eigenvalue weighted by molar-refractivity contribution is 5.80. The van der Waals surface area contributed by atoms with Gasteiger partial charge in [0.25, 0.3) is 0 Å². The molecule has 1 heteroatoms. The lowest BCUT2D eigenvalue weighted by Crippen LogP contribution is -2.42. The Labute approximate surface area is 134 Å². The van der Waals surface area contributed by atoms with Gasteiger partial charge in [0.05, 0.1) is 0 Å². The van der Waals surface area contributed by atoms with Crippen LogP contribution in [0.25, 0.3) is 0 Å². The first-order valence-corrected chi connectivity index (χ1v) is 9.28. The van der Waals surface area contributed by atoms with E-state index < -0.39 is 0 Å². The number of rotatable bonds is 0. The van der Waals surface area contributed by atoms with Crippen molar-refractivity contribution in [1.82, 2.24) is 0 Å². The van der Waals surface area contributed by atoms with Crippen LogP contribution in [0.4, 0.5) is 0 Å². The van der Waals surface area contributed by atoms with Crippen molar-refractivity contribution in [1.29, 1.82) is 0 Å². The molecule has 5 atom stereocenters. The maximum absolute atomic E-state index is 11.9. The van der Waals surface area contributed by atoms with E-state index in [9.17, 15) is 4.79 Å². The summed E-state index contributed by atoms with van der Waals surface area (Å²) in [7, 11) is 0. The van der Waals surface area contributed by atoms with Gasteiger partial charge in [0.1, 0.15) is 5.78 Å². The second kappa shape index (κ2) is 5.26. The Balaban J connectivity index is 1.77. The Morgan fingerprint density at radius 3 is 2.82 bits per heavy atom. The summed E-state index contributed by atoms with van der Waals surface area (Å²) in [5.74, 6) is 9.88. The van der Waals surface area contributed by atoms with Crippen LogP contribution in [0.15, 0.2) is 11.1 Å². The number of ketones is 1. The molecule has 0 saturated heterocycles. The van der Waals surface area contributed by atoms with E-state index in [4.69, 9.17) is 0 Å². The maximum atomic E-state index is 11.9. The third-order valence-corrected chi connectivity index (χ3v) is 7.31. The Morgan fingerprint density at radius 1 is 1.14 bits per heavy atom. The summed E-state index contributed by atoms with van der Waals surface area (Å²) in [6, 6.07) is 0. The summed E-state index contributed by atoms with van der Waals surface area (Å²) in [6.45, 7) is 4.53. The second-order valence-corrected chi connectivity index (χ2v) is 8.41. The molecule has 0 radical (unpaired) electrons. The number of fused-ring (bicyclic) bond motifs is 4. The van der Waals surface area contributed by atoms with E-state index in [0.717, 1.165) is 31.6 Å². The SMILES string of the molecule is CC#C[C@@H]1CC2CC(=O)CCC2=C2CC[C@]3(C)CCC[C@H]3[C@@H]21. The van der Waals surface area contributed by atoms with Gasteiger partial charge >= 0.3 is 0 Å². The summed E-state index contributed by atoms with van der Waals surface area (Å²) in [4.78, 5) is 11.9. The van der Waals surface area contributed by atoms with Crippen molar-refractivity contribution in [3.05, 3.63) is 11.1 Å². The lowest BCUT2D eigenvalue weighted by molar-refractivity contribution is -0.120. The van der Waals surface area contributed by atoms with Crippen LogP contribution in [0.2, 0.25) is 0 Å². The molecule has 4 rings (SSSR count). The van der Waals surface area contributed by atoms with E-state index >= 15 is 0 Å². The largest absolute Gasteiger partial charge is 0.300 e. The average Bonchev–Trinajstić information content (AvgIpc) is 2.88. The van der Waals surface area contributed by atoms with Gasteiger partial charge < -0.3 is 0 Å².